The third kappa shape index (κ3) is 3.46. The van der Waals surface area contributed by atoms with E-state index in [0.29, 0.717) is 11.4 Å². The number of benzene rings is 2. The number of nitrogens with two attached hydrogens (primary N) is 1. The van der Waals surface area contributed by atoms with E-state index >= 15 is 0 Å². The molecule has 0 saturated heterocycles. The van der Waals surface area contributed by atoms with Crippen molar-refractivity contribution in [1.82, 2.24) is 0 Å². The Balaban J connectivity index is 2.07. The van der Waals surface area contributed by atoms with Gasteiger partial charge < -0.3 is 5.73 Å². The topological polar surface area (TPSA) is 26.0 Å². The SMILES string of the molecule is Nc1cc(F)cc(SCc2cccc(F)c2)c1. The molecule has 0 spiro atoms. The fourth-order valence-corrected chi connectivity index (χ4v) is 2.39. The van der Waals surface area contributed by atoms with Gasteiger partial charge in [-0.05, 0) is 35.9 Å². The van der Waals surface area contributed by atoms with E-state index in [1.807, 2.05) is 6.07 Å². The van der Waals surface area contributed by atoms with Crippen LogP contribution in [0.15, 0.2) is 47.4 Å². The van der Waals surface area contributed by atoms with Gasteiger partial charge in [-0.3, -0.25) is 0 Å². The first-order valence-electron chi connectivity index (χ1n) is 5.07. The average molecular weight is 251 g/mol. The van der Waals surface area contributed by atoms with E-state index < -0.39 is 0 Å². The first-order chi connectivity index (χ1) is 8.13. The van der Waals surface area contributed by atoms with Crippen molar-refractivity contribution in [3.05, 3.63) is 59.7 Å². The van der Waals surface area contributed by atoms with Crippen LogP contribution in [0.1, 0.15) is 5.56 Å². The summed E-state index contributed by atoms with van der Waals surface area (Å²) in [6.07, 6.45) is 0. The molecule has 2 N–H and O–H groups in total. The summed E-state index contributed by atoms with van der Waals surface area (Å²) >= 11 is 1.42. The van der Waals surface area contributed by atoms with Crippen molar-refractivity contribution in [2.45, 2.75) is 10.6 Å². The van der Waals surface area contributed by atoms with Crippen molar-refractivity contribution in [3.8, 4) is 0 Å². The monoisotopic (exact) mass is 251 g/mol. The van der Waals surface area contributed by atoms with Gasteiger partial charge in [0.1, 0.15) is 11.6 Å². The Bertz CT molecular complexity index is 508. The largest absolute Gasteiger partial charge is 0.399 e. The molecule has 0 bridgehead atoms. The van der Waals surface area contributed by atoms with E-state index in [4.69, 9.17) is 5.73 Å². The Morgan fingerprint density at radius 3 is 2.53 bits per heavy atom. The second-order valence-electron chi connectivity index (χ2n) is 3.64. The molecule has 0 unspecified atom stereocenters. The van der Waals surface area contributed by atoms with E-state index in [0.717, 1.165) is 10.5 Å². The molecule has 2 aromatic rings. The average Bonchev–Trinajstić information content (AvgIpc) is 2.25. The van der Waals surface area contributed by atoms with Crippen molar-refractivity contribution in [2.75, 3.05) is 5.73 Å². The molecule has 4 heteroatoms. The molecule has 0 aromatic heterocycles. The van der Waals surface area contributed by atoms with Crippen molar-refractivity contribution in [3.63, 3.8) is 0 Å². The summed E-state index contributed by atoms with van der Waals surface area (Å²) in [7, 11) is 0. The first-order valence-corrected chi connectivity index (χ1v) is 6.05. The molecule has 2 aromatic carbocycles. The Kier molecular flexibility index (Phi) is 3.64. The summed E-state index contributed by atoms with van der Waals surface area (Å²) in [5.41, 5.74) is 6.79. The third-order valence-corrected chi connectivity index (χ3v) is 3.23. The molecule has 0 saturated carbocycles. The van der Waals surface area contributed by atoms with Crippen LogP contribution in [0.25, 0.3) is 0 Å². The van der Waals surface area contributed by atoms with E-state index in [1.165, 1.54) is 36.0 Å². The maximum Gasteiger partial charge on any atom is 0.126 e. The molecule has 0 amide bonds. The predicted molar refractivity (Wildman–Crippen MR) is 66.8 cm³/mol. The zero-order valence-electron chi connectivity index (χ0n) is 8.99. The molecule has 0 aliphatic carbocycles. The van der Waals surface area contributed by atoms with Crippen LogP contribution in [0.5, 0.6) is 0 Å². The lowest BCUT2D eigenvalue weighted by molar-refractivity contribution is 0.624. The van der Waals surface area contributed by atoms with Gasteiger partial charge in [0.2, 0.25) is 0 Å². The fourth-order valence-electron chi connectivity index (χ4n) is 1.46. The highest BCUT2D eigenvalue weighted by atomic mass is 32.2. The summed E-state index contributed by atoms with van der Waals surface area (Å²) in [5.74, 6) is -0.0331. The lowest BCUT2D eigenvalue weighted by Gasteiger charge is -2.04. The van der Waals surface area contributed by atoms with E-state index in [9.17, 15) is 8.78 Å². The van der Waals surface area contributed by atoms with Crippen LogP contribution in [0.4, 0.5) is 14.5 Å². The van der Waals surface area contributed by atoms with Gasteiger partial charge >= 0.3 is 0 Å². The molecule has 0 heterocycles. The summed E-state index contributed by atoms with van der Waals surface area (Å²) in [4.78, 5) is 0.742. The standard InChI is InChI=1S/C13H11F2NS/c14-10-3-1-2-9(4-10)8-17-13-6-11(15)5-12(16)7-13/h1-7H,8,16H2. The number of hydrogen-bond acceptors (Lipinski definition) is 2. The lowest BCUT2D eigenvalue weighted by Crippen LogP contribution is -1.88. The molecular formula is C13H11F2NS. The summed E-state index contributed by atoms with van der Waals surface area (Å²) in [5, 5.41) is 0. The molecule has 0 atom stereocenters. The summed E-state index contributed by atoms with van der Waals surface area (Å²) < 4.78 is 26.0. The van der Waals surface area contributed by atoms with Crippen LogP contribution >= 0.6 is 11.8 Å². The number of anilines is 1. The minimum Gasteiger partial charge on any atom is -0.399 e. The molecule has 0 aliphatic heterocycles. The lowest BCUT2D eigenvalue weighted by atomic mass is 10.2. The number of thioether (sulfide) groups is 1. The molecule has 0 fully saturated rings. The zero-order valence-corrected chi connectivity index (χ0v) is 9.81. The van der Waals surface area contributed by atoms with Crippen molar-refractivity contribution in [1.29, 1.82) is 0 Å². The van der Waals surface area contributed by atoms with Gasteiger partial charge in [0.05, 0.1) is 0 Å². The van der Waals surface area contributed by atoms with Crippen LogP contribution < -0.4 is 5.73 Å². The van der Waals surface area contributed by atoms with Crippen LogP contribution in [-0.4, -0.2) is 0 Å². The minimum atomic E-state index is -0.355. The van der Waals surface area contributed by atoms with E-state index in [-0.39, 0.29) is 11.6 Å². The fraction of sp³-hybridized carbons (Fsp3) is 0.0769. The van der Waals surface area contributed by atoms with Crippen LogP contribution in [-0.2, 0) is 5.75 Å². The van der Waals surface area contributed by atoms with Crippen molar-refractivity contribution < 1.29 is 8.78 Å². The number of nitrogen functional groups attached to an aromatic ring is 1. The molecule has 0 aliphatic rings. The Labute approximate surface area is 103 Å². The molecule has 17 heavy (non-hydrogen) atoms. The highest BCUT2D eigenvalue weighted by Gasteiger charge is 2.01. The first kappa shape index (κ1) is 11.9. The summed E-state index contributed by atoms with van der Waals surface area (Å²) in [6, 6.07) is 10.7. The van der Waals surface area contributed by atoms with Gasteiger partial charge in [-0.15, -0.1) is 11.8 Å². The molecule has 88 valence electrons. The van der Waals surface area contributed by atoms with Crippen molar-refractivity contribution >= 4 is 17.4 Å². The van der Waals surface area contributed by atoms with Gasteiger partial charge in [-0.2, -0.15) is 0 Å². The quantitative estimate of drug-likeness (QED) is 0.662. The summed E-state index contributed by atoms with van der Waals surface area (Å²) in [6.45, 7) is 0. The molecule has 1 nitrogen and oxygen atoms in total. The molecule has 2 rings (SSSR count). The zero-order chi connectivity index (χ0) is 12.3. The second kappa shape index (κ2) is 5.19. The van der Waals surface area contributed by atoms with Gasteiger partial charge in [-0.25, -0.2) is 8.78 Å². The number of halogens is 2. The van der Waals surface area contributed by atoms with Crippen LogP contribution in [0.3, 0.4) is 0 Å². The Morgan fingerprint density at radius 2 is 1.82 bits per heavy atom. The Morgan fingerprint density at radius 1 is 1.00 bits per heavy atom. The third-order valence-electron chi connectivity index (χ3n) is 2.19. The maximum atomic E-state index is 13.1. The van der Waals surface area contributed by atoms with Gasteiger partial charge in [0.25, 0.3) is 0 Å². The Hall–Kier alpha value is -1.55. The van der Waals surface area contributed by atoms with Crippen LogP contribution in [0, 0.1) is 11.6 Å². The van der Waals surface area contributed by atoms with E-state index in [1.54, 1.807) is 12.1 Å². The van der Waals surface area contributed by atoms with Crippen molar-refractivity contribution in [2.24, 2.45) is 0 Å². The van der Waals surface area contributed by atoms with Gasteiger partial charge in [0, 0.05) is 16.3 Å². The number of rotatable bonds is 3. The molecule has 0 radical (unpaired) electrons. The highest BCUT2D eigenvalue weighted by molar-refractivity contribution is 7.98. The highest BCUT2D eigenvalue weighted by Crippen LogP contribution is 2.25. The smallest absolute Gasteiger partial charge is 0.126 e. The predicted octanol–water partition coefficient (Wildman–Crippen LogP) is 3.84. The number of hydrogen-bond donors (Lipinski definition) is 1. The molecular weight excluding hydrogens is 240 g/mol. The normalized spacial score (nSPS) is 10.5. The van der Waals surface area contributed by atoms with Gasteiger partial charge in [0.15, 0.2) is 0 Å². The van der Waals surface area contributed by atoms with Gasteiger partial charge in [-0.1, -0.05) is 12.1 Å². The minimum absolute atomic E-state index is 0.262. The maximum absolute atomic E-state index is 13.1. The second-order valence-corrected chi connectivity index (χ2v) is 4.69. The van der Waals surface area contributed by atoms with E-state index in [2.05, 4.69) is 0 Å². The van der Waals surface area contributed by atoms with Crippen LogP contribution in [0.2, 0.25) is 0 Å².